The number of carbonyl (C=O) groups is 1. The molecular formula is C11H9ClN2O2S. The molecular weight excluding hydrogens is 260 g/mol. The summed E-state index contributed by atoms with van der Waals surface area (Å²) < 4.78 is 5.85. The van der Waals surface area contributed by atoms with E-state index in [1.54, 1.807) is 6.26 Å². The van der Waals surface area contributed by atoms with Crippen molar-refractivity contribution in [1.29, 1.82) is 0 Å². The summed E-state index contributed by atoms with van der Waals surface area (Å²) in [7, 11) is 0. The number of thiazole rings is 1. The Labute approximate surface area is 107 Å². The molecule has 0 radical (unpaired) electrons. The van der Waals surface area contributed by atoms with E-state index in [0.717, 1.165) is 12.2 Å². The lowest BCUT2D eigenvalue weighted by atomic mass is 10.2. The quantitative estimate of drug-likeness (QED) is 0.930. The van der Waals surface area contributed by atoms with Crippen molar-refractivity contribution < 1.29 is 9.21 Å². The monoisotopic (exact) mass is 268 g/mol. The maximum atomic E-state index is 11.9. The summed E-state index contributed by atoms with van der Waals surface area (Å²) in [6.07, 6.45) is 3.99. The predicted octanol–water partition coefficient (Wildman–Crippen LogP) is 3.13. The SMILES string of the molecule is O=C(Nc1ncc(Cl)s1)C1CC1c1ccco1. The first kappa shape index (κ1) is 10.8. The van der Waals surface area contributed by atoms with E-state index in [4.69, 9.17) is 16.0 Å². The highest BCUT2D eigenvalue weighted by molar-refractivity contribution is 7.19. The molecule has 1 saturated carbocycles. The van der Waals surface area contributed by atoms with E-state index in [1.165, 1.54) is 17.5 Å². The smallest absolute Gasteiger partial charge is 0.230 e. The summed E-state index contributed by atoms with van der Waals surface area (Å²) in [5, 5.41) is 3.31. The number of furan rings is 1. The Balaban J connectivity index is 1.62. The van der Waals surface area contributed by atoms with E-state index >= 15 is 0 Å². The first-order chi connectivity index (χ1) is 8.24. The molecule has 2 aromatic rings. The van der Waals surface area contributed by atoms with Gasteiger partial charge < -0.3 is 9.73 Å². The molecule has 0 aliphatic heterocycles. The second-order valence-corrected chi connectivity index (χ2v) is 5.58. The topological polar surface area (TPSA) is 55.1 Å². The van der Waals surface area contributed by atoms with Crippen molar-refractivity contribution >= 4 is 34.0 Å². The lowest BCUT2D eigenvalue weighted by Gasteiger charge is -1.99. The Morgan fingerprint density at radius 1 is 1.65 bits per heavy atom. The van der Waals surface area contributed by atoms with Crippen molar-refractivity contribution in [3.8, 4) is 0 Å². The number of amides is 1. The summed E-state index contributed by atoms with van der Waals surface area (Å²) in [6, 6.07) is 3.74. The number of nitrogens with one attached hydrogen (secondary N) is 1. The normalized spacial score (nSPS) is 22.4. The van der Waals surface area contributed by atoms with Crippen LogP contribution in [0.4, 0.5) is 5.13 Å². The van der Waals surface area contributed by atoms with Gasteiger partial charge in [0.25, 0.3) is 0 Å². The molecule has 0 spiro atoms. The number of carbonyl (C=O) groups excluding carboxylic acids is 1. The molecule has 0 bridgehead atoms. The summed E-state index contributed by atoms with van der Waals surface area (Å²) >= 11 is 7.00. The number of halogens is 1. The fourth-order valence-corrected chi connectivity index (χ4v) is 2.63. The van der Waals surface area contributed by atoms with Crippen LogP contribution in [0.25, 0.3) is 0 Å². The van der Waals surface area contributed by atoms with E-state index in [9.17, 15) is 4.79 Å². The molecule has 2 atom stereocenters. The van der Waals surface area contributed by atoms with Gasteiger partial charge in [-0.2, -0.15) is 0 Å². The fourth-order valence-electron chi connectivity index (χ4n) is 1.81. The molecule has 1 aliphatic carbocycles. The van der Waals surface area contributed by atoms with Gasteiger partial charge in [0, 0.05) is 11.8 Å². The minimum absolute atomic E-state index is 0.0103. The molecule has 0 aromatic carbocycles. The molecule has 1 fully saturated rings. The van der Waals surface area contributed by atoms with E-state index in [-0.39, 0.29) is 17.7 Å². The highest BCUT2D eigenvalue weighted by atomic mass is 35.5. The second-order valence-electron chi connectivity index (χ2n) is 3.92. The maximum absolute atomic E-state index is 11.9. The predicted molar refractivity (Wildman–Crippen MR) is 65.3 cm³/mol. The zero-order valence-electron chi connectivity index (χ0n) is 8.72. The lowest BCUT2D eigenvalue weighted by Crippen LogP contribution is -2.14. The Morgan fingerprint density at radius 2 is 2.53 bits per heavy atom. The zero-order valence-corrected chi connectivity index (χ0v) is 10.3. The van der Waals surface area contributed by atoms with E-state index in [0.29, 0.717) is 9.47 Å². The molecule has 0 saturated heterocycles. The van der Waals surface area contributed by atoms with Gasteiger partial charge in [-0.3, -0.25) is 4.79 Å². The van der Waals surface area contributed by atoms with Crippen LogP contribution in [0.15, 0.2) is 29.0 Å². The molecule has 1 N–H and O–H groups in total. The average molecular weight is 269 g/mol. The molecule has 4 nitrogen and oxygen atoms in total. The van der Waals surface area contributed by atoms with Gasteiger partial charge in [-0.05, 0) is 18.6 Å². The number of nitrogens with zero attached hydrogens (tertiary/aromatic N) is 1. The van der Waals surface area contributed by atoms with Gasteiger partial charge in [0.2, 0.25) is 5.91 Å². The summed E-state index contributed by atoms with van der Waals surface area (Å²) in [4.78, 5) is 15.8. The van der Waals surface area contributed by atoms with Gasteiger partial charge in [-0.15, -0.1) is 0 Å². The fraction of sp³-hybridized carbons (Fsp3) is 0.273. The molecule has 6 heteroatoms. The third-order valence-electron chi connectivity index (χ3n) is 2.74. The molecule has 88 valence electrons. The van der Waals surface area contributed by atoms with Crippen LogP contribution in [0.5, 0.6) is 0 Å². The standard InChI is InChI=1S/C11H9ClN2O2S/c12-9-5-13-11(17-9)14-10(15)7-4-6(7)8-2-1-3-16-8/h1-3,5-7H,4H2,(H,13,14,15). The molecule has 2 aromatic heterocycles. The summed E-state index contributed by atoms with van der Waals surface area (Å²) in [6.45, 7) is 0. The van der Waals surface area contributed by atoms with Gasteiger partial charge in [0.05, 0.1) is 12.5 Å². The number of aromatic nitrogens is 1. The zero-order chi connectivity index (χ0) is 11.8. The van der Waals surface area contributed by atoms with Crippen molar-refractivity contribution in [2.75, 3.05) is 5.32 Å². The third kappa shape index (κ3) is 2.21. The molecule has 2 unspecified atom stereocenters. The number of rotatable bonds is 3. The number of hydrogen-bond donors (Lipinski definition) is 1. The maximum Gasteiger partial charge on any atom is 0.230 e. The van der Waals surface area contributed by atoms with Crippen LogP contribution < -0.4 is 5.32 Å². The highest BCUT2D eigenvalue weighted by Crippen LogP contribution is 2.48. The minimum atomic E-state index is -0.0163. The Bertz CT molecular complexity index is 537. The van der Waals surface area contributed by atoms with Crippen LogP contribution >= 0.6 is 22.9 Å². The molecule has 2 heterocycles. The third-order valence-corrected chi connectivity index (χ3v) is 3.77. The second kappa shape index (κ2) is 4.16. The van der Waals surface area contributed by atoms with Crippen molar-refractivity contribution in [2.45, 2.75) is 12.3 Å². The van der Waals surface area contributed by atoms with Crippen LogP contribution in [0.2, 0.25) is 4.34 Å². The number of anilines is 1. The van der Waals surface area contributed by atoms with Crippen molar-refractivity contribution in [3.05, 3.63) is 34.7 Å². The Kier molecular flexibility index (Phi) is 2.64. The van der Waals surface area contributed by atoms with Gasteiger partial charge in [0.15, 0.2) is 5.13 Å². The van der Waals surface area contributed by atoms with Crippen LogP contribution in [0.1, 0.15) is 18.1 Å². The van der Waals surface area contributed by atoms with Gasteiger partial charge in [-0.1, -0.05) is 22.9 Å². The summed E-state index contributed by atoms with van der Waals surface area (Å²) in [5.41, 5.74) is 0. The van der Waals surface area contributed by atoms with Crippen molar-refractivity contribution in [2.24, 2.45) is 5.92 Å². The van der Waals surface area contributed by atoms with E-state index < -0.39 is 0 Å². The van der Waals surface area contributed by atoms with Crippen LogP contribution in [-0.4, -0.2) is 10.9 Å². The molecule has 1 amide bonds. The van der Waals surface area contributed by atoms with Crippen LogP contribution in [-0.2, 0) is 4.79 Å². The largest absolute Gasteiger partial charge is 0.469 e. The highest BCUT2D eigenvalue weighted by Gasteiger charge is 2.46. The first-order valence-electron chi connectivity index (χ1n) is 5.19. The van der Waals surface area contributed by atoms with E-state index in [1.807, 2.05) is 12.1 Å². The minimum Gasteiger partial charge on any atom is -0.469 e. The Hall–Kier alpha value is -1.33. The van der Waals surface area contributed by atoms with Gasteiger partial charge in [-0.25, -0.2) is 4.98 Å². The average Bonchev–Trinajstić information content (AvgIpc) is 2.72. The number of hydrogen-bond acceptors (Lipinski definition) is 4. The molecule has 1 aliphatic rings. The van der Waals surface area contributed by atoms with Crippen molar-refractivity contribution in [1.82, 2.24) is 4.98 Å². The Morgan fingerprint density at radius 3 is 3.18 bits per heavy atom. The molecule has 17 heavy (non-hydrogen) atoms. The van der Waals surface area contributed by atoms with Crippen LogP contribution in [0, 0.1) is 5.92 Å². The van der Waals surface area contributed by atoms with Gasteiger partial charge in [0.1, 0.15) is 10.1 Å². The van der Waals surface area contributed by atoms with Crippen molar-refractivity contribution in [3.63, 3.8) is 0 Å². The first-order valence-corrected chi connectivity index (χ1v) is 6.39. The van der Waals surface area contributed by atoms with Gasteiger partial charge >= 0.3 is 0 Å². The lowest BCUT2D eigenvalue weighted by molar-refractivity contribution is -0.117. The molecule has 3 rings (SSSR count). The van der Waals surface area contributed by atoms with E-state index in [2.05, 4.69) is 10.3 Å². The van der Waals surface area contributed by atoms with Crippen LogP contribution in [0.3, 0.4) is 0 Å². The summed E-state index contributed by atoms with van der Waals surface area (Å²) in [5.74, 6) is 1.06.